The van der Waals surface area contributed by atoms with Gasteiger partial charge in [-0.3, -0.25) is 0 Å². The molecule has 0 saturated carbocycles. The van der Waals surface area contributed by atoms with E-state index in [-0.39, 0.29) is 4.90 Å². The van der Waals surface area contributed by atoms with Crippen LogP contribution in [0.25, 0.3) is 0 Å². The highest BCUT2D eigenvalue weighted by Gasteiger charge is 2.13. The molecule has 0 atom stereocenters. The van der Waals surface area contributed by atoms with Crippen molar-refractivity contribution in [2.75, 3.05) is 11.9 Å². The molecule has 0 saturated heterocycles. The van der Waals surface area contributed by atoms with E-state index in [1.165, 1.54) is 5.56 Å². The summed E-state index contributed by atoms with van der Waals surface area (Å²) in [6.45, 7) is 0.724. The van der Waals surface area contributed by atoms with Crippen LogP contribution in [0.5, 0.6) is 0 Å². The van der Waals surface area contributed by atoms with Crippen molar-refractivity contribution in [3.63, 3.8) is 0 Å². The summed E-state index contributed by atoms with van der Waals surface area (Å²) in [5.74, 6) is 0. The van der Waals surface area contributed by atoms with Crippen LogP contribution in [0.15, 0.2) is 53.4 Å². The van der Waals surface area contributed by atoms with E-state index >= 15 is 0 Å². The standard InChI is InChI=1S/C15H17BrN2O2S/c16-11-13-6-7-14(10-15(13)21(17,19)20)18-9-8-12-4-2-1-3-5-12/h1-7,10,18H,8-9,11H2,(H2,17,19,20). The van der Waals surface area contributed by atoms with Crippen molar-refractivity contribution < 1.29 is 8.42 Å². The summed E-state index contributed by atoms with van der Waals surface area (Å²) in [7, 11) is -3.72. The Hall–Kier alpha value is -1.37. The first kappa shape index (κ1) is 16.0. The largest absolute Gasteiger partial charge is 0.385 e. The molecule has 0 spiro atoms. The topological polar surface area (TPSA) is 72.2 Å². The van der Waals surface area contributed by atoms with Crippen molar-refractivity contribution in [1.29, 1.82) is 0 Å². The van der Waals surface area contributed by atoms with Crippen LogP contribution >= 0.6 is 15.9 Å². The van der Waals surface area contributed by atoms with E-state index in [4.69, 9.17) is 5.14 Å². The van der Waals surface area contributed by atoms with E-state index < -0.39 is 10.0 Å². The van der Waals surface area contributed by atoms with Gasteiger partial charge in [0.2, 0.25) is 10.0 Å². The summed E-state index contributed by atoms with van der Waals surface area (Å²) in [6, 6.07) is 15.3. The molecular formula is C15H17BrN2O2S. The summed E-state index contributed by atoms with van der Waals surface area (Å²) in [5.41, 5.74) is 2.64. The van der Waals surface area contributed by atoms with Gasteiger partial charge in [-0.1, -0.05) is 52.3 Å². The maximum Gasteiger partial charge on any atom is 0.238 e. The molecule has 112 valence electrons. The van der Waals surface area contributed by atoms with E-state index in [0.717, 1.165) is 18.7 Å². The highest BCUT2D eigenvalue weighted by molar-refractivity contribution is 9.08. The van der Waals surface area contributed by atoms with Crippen molar-refractivity contribution in [3.05, 3.63) is 59.7 Å². The van der Waals surface area contributed by atoms with Gasteiger partial charge in [0.05, 0.1) is 4.90 Å². The quantitative estimate of drug-likeness (QED) is 0.769. The molecule has 2 rings (SSSR count). The first-order valence-electron chi connectivity index (χ1n) is 6.50. The Kier molecular flexibility index (Phi) is 5.39. The zero-order valence-corrected chi connectivity index (χ0v) is 13.8. The molecule has 0 aliphatic heterocycles. The second-order valence-electron chi connectivity index (χ2n) is 4.66. The van der Waals surface area contributed by atoms with E-state index in [1.807, 2.05) is 24.3 Å². The van der Waals surface area contributed by atoms with Crippen molar-refractivity contribution in [3.8, 4) is 0 Å². The zero-order chi connectivity index (χ0) is 15.3. The van der Waals surface area contributed by atoms with Gasteiger partial charge in [0.25, 0.3) is 0 Å². The zero-order valence-electron chi connectivity index (χ0n) is 11.4. The minimum atomic E-state index is -3.72. The monoisotopic (exact) mass is 368 g/mol. The molecule has 0 unspecified atom stereocenters. The summed E-state index contributed by atoms with van der Waals surface area (Å²) < 4.78 is 23.2. The second kappa shape index (κ2) is 7.06. The Balaban J connectivity index is 2.07. The van der Waals surface area contributed by atoms with Gasteiger partial charge in [0.15, 0.2) is 0 Å². The Morgan fingerprint density at radius 1 is 1.10 bits per heavy atom. The van der Waals surface area contributed by atoms with Crippen LogP contribution < -0.4 is 10.5 Å². The lowest BCUT2D eigenvalue weighted by Gasteiger charge is -2.10. The third kappa shape index (κ3) is 4.56. The van der Waals surface area contributed by atoms with Gasteiger partial charge in [-0.15, -0.1) is 0 Å². The van der Waals surface area contributed by atoms with Crippen LogP contribution in [0.3, 0.4) is 0 Å². The molecule has 6 heteroatoms. The van der Waals surface area contributed by atoms with E-state index in [9.17, 15) is 8.42 Å². The number of nitrogens with one attached hydrogen (secondary N) is 1. The molecule has 0 aromatic heterocycles. The smallest absolute Gasteiger partial charge is 0.238 e. The fourth-order valence-electron chi connectivity index (χ4n) is 2.04. The lowest BCUT2D eigenvalue weighted by atomic mass is 10.1. The molecule has 0 fully saturated rings. The third-order valence-corrected chi connectivity index (χ3v) is 4.70. The van der Waals surface area contributed by atoms with Gasteiger partial charge >= 0.3 is 0 Å². The van der Waals surface area contributed by atoms with Crippen molar-refractivity contribution in [1.82, 2.24) is 0 Å². The van der Waals surface area contributed by atoms with Crippen molar-refractivity contribution >= 4 is 31.6 Å². The minimum absolute atomic E-state index is 0.157. The number of primary sulfonamides is 1. The fraction of sp³-hybridized carbons (Fsp3) is 0.200. The summed E-state index contributed by atoms with van der Waals surface area (Å²) >= 11 is 3.27. The normalized spacial score (nSPS) is 11.3. The van der Waals surface area contributed by atoms with E-state index in [1.54, 1.807) is 12.1 Å². The maximum atomic E-state index is 11.6. The number of hydrogen-bond acceptors (Lipinski definition) is 3. The number of anilines is 1. The van der Waals surface area contributed by atoms with Gasteiger partial charge < -0.3 is 5.32 Å². The lowest BCUT2D eigenvalue weighted by Crippen LogP contribution is -2.15. The number of halogens is 1. The summed E-state index contributed by atoms with van der Waals surface area (Å²) in [4.78, 5) is 0.157. The average Bonchev–Trinajstić information content (AvgIpc) is 2.47. The van der Waals surface area contributed by atoms with Crippen molar-refractivity contribution in [2.24, 2.45) is 5.14 Å². The van der Waals surface area contributed by atoms with Crippen LogP contribution in [0, 0.1) is 0 Å². The Bertz CT molecular complexity index is 703. The highest BCUT2D eigenvalue weighted by atomic mass is 79.9. The van der Waals surface area contributed by atoms with Crippen LogP contribution in [-0.2, 0) is 21.8 Å². The number of nitrogens with two attached hydrogens (primary N) is 1. The van der Waals surface area contributed by atoms with Crippen LogP contribution in [-0.4, -0.2) is 15.0 Å². The molecule has 0 heterocycles. The minimum Gasteiger partial charge on any atom is -0.385 e. The molecule has 21 heavy (non-hydrogen) atoms. The summed E-state index contributed by atoms with van der Waals surface area (Å²) in [5, 5.41) is 8.91. The Morgan fingerprint density at radius 2 is 1.81 bits per heavy atom. The molecule has 0 aliphatic rings. The molecular weight excluding hydrogens is 352 g/mol. The number of benzene rings is 2. The molecule has 0 amide bonds. The number of rotatable bonds is 6. The Labute approximate surface area is 133 Å². The van der Waals surface area contributed by atoms with Gasteiger partial charge in [0.1, 0.15) is 0 Å². The molecule has 0 radical (unpaired) electrons. The molecule has 0 bridgehead atoms. The Morgan fingerprint density at radius 3 is 2.43 bits per heavy atom. The van der Waals surface area contributed by atoms with Crippen LogP contribution in [0.2, 0.25) is 0 Å². The van der Waals surface area contributed by atoms with Gasteiger partial charge in [0, 0.05) is 17.6 Å². The van der Waals surface area contributed by atoms with Crippen LogP contribution in [0.4, 0.5) is 5.69 Å². The van der Waals surface area contributed by atoms with Crippen molar-refractivity contribution in [2.45, 2.75) is 16.6 Å². The van der Waals surface area contributed by atoms with E-state index in [0.29, 0.717) is 10.9 Å². The van der Waals surface area contributed by atoms with Gasteiger partial charge in [-0.05, 0) is 29.7 Å². The molecule has 3 N–H and O–H groups in total. The lowest BCUT2D eigenvalue weighted by molar-refractivity contribution is 0.597. The first-order valence-corrected chi connectivity index (χ1v) is 9.17. The van der Waals surface area contributed by atoms with Gasteiger partial charge in [-0.2, -0.15) is 0 Å². The van der Waals surface area contributed by atoms with Gasteiger partial charge in [-0.25, -0.2) is 13.6 Å². The maximum absolute atomic E-state index is 11.6. The van der Waals surface area contributed by atoms with E-state index in [2.05, 4.69) is 33.4 Å². The SMILES string of the molecule is NS(=O)(=O)c1cc(NCCc2ccccc2)ccc1CBr. The first-order chi connectivity index (χ1) is 10.0. The number of alkyl halides is 1. The third-order valence-electron chi connectivity index (χ3n) is 3.10. The highest BCUT2D eigenvalue weighted by Crippen LogP contribution is 2.21. The molecule has 2 aromatic carbocycles. The predicted octanol–water partition coefficient (Wildman–Crippen LogP) is 2.88. The molecule has 0 aliphatic carbocycles. The fourth-order valence-corrected chi connectivity index (χ4v) is 3.51. The van der Waals surface area contributed by atoms with Crippen LogP contribution in [0.1, 0.15) is 11.1 Å². The average molecular weight is 369 g/mol. The summed E-state index contributed by atoms with van der Waals surface area (Å²) in [6.07, 6.45) is 0.867. The molecule has 4 nitrogen and oxygen atoms in total. The molecule has 2 aromatic rings. The number of sulfonamides is 1. The second-order valence-corrected chi connectivity index (χ2v) is 6.75. The number of hydrogen-bond donors (Lipinski definition) is 2. The predicted molar refractivity (Wildman–Crippen MR) is 89.1 cm³/mol.